The monoisotopic (exact) mass is 367 g/mol. The van der Waals surface area contributed by atoms with Gasteiger partial charge < -0.3 is 20.3 Å². The summed E-state index contributed by atoms with van der Waals surface area (Å²) in [5.41, 5.74) is 1.90. The number of anilines is 1. The SMILES string of the molecule is CNCCC(=O)N1CCCCC1C(=O)Nc1ccc2c(c1)CCO2.Cl. The zero-order chi connectivity index (χ0) is 16.9. The molecule has 2 heterocycles. The van der Waals surface area contributed by atoms with Crippen molar-refractivity contribution in [1.29, 1.82) is 0 Å². The van der Waals surface area contributed by atoms with Crippen LogP contribution in [0.5, 0.6) is 5.75 Å². The first-order chi connectivity index (χ1) is 11.7. The lowest BCUT2D eigenvalue weighted by molar-refractivity contribution is -0.140. The van der Waals surface area contributed by atoms with Gasteiger partial charge in [0.25, 0.3) is 0 Å². The van der Waals surface area contributed by atoms with Crippen LogP contribution >= 0.6 is 12.4 Å². The van der Waals surface area contributed by atoms with E-state index in [1.165, 1.54) is 0 Å². The molecule has 0 bridgehead atoms. The highest BCUT2D eigenvalue weighted by atomic mass is 35.5. The number of benzene rings is 1. The van der Waals surface area contributed by atoms with Gasteiger partial charge in [0.15, 0.2) is 0 Å². The van der Waals surface area contributed by atoms with Crippen LogP contribution in [0.1, 0.15) is 31.2 Å². The van der Waals surface area contributed by atoms with Crippen LogP contribution in [0.2, 0.25) is 0 Å². The number of ether oxygens (including phenoxy) is 1. The van der Waals surface area contributed by atoms with E-state index in [0.29, 0.717) is 26.1 Å². The van der Waals surface area contributed by atoms with E-state index in [2.05, 4.69) is 10.6 Å². The van der Waals surface area contributed by atoms with Gasteiger partial charge in [0.05, 0.1) is 6.61 Å². The molecular weight excluding hydrogens is 342 g/mol. The summed E-state index contributed by atoms with van der Waals surface area (Å²) >= 11 is 0. The molecule has 2 aliphatic rings. The van der Waals surface area contributed by atoms with Gasteiger partial charge in [-0.05, 0) is 50.1 Å². The lowest BCUT2D eigenvalue weighted by Crippen LogP contribution is -2.50. The quantitative estimate of drug-likeness (QED) is 0.834. The number of nitrogens with zero attached hydrogens (tertiary/aromatic N) is 1. The predicted molar refractivity (Wildman–Crippen MR) is 99.4 cm³/mol. The molecule has 0 saturated carbocycles. The molecule has 0 spiro atoms. The molecule has 0 aromatic heterocycles. The standard InChI is InChI=1S/C18H25N3O3.ClH/c1-19-9-7-17(22)21-10-3-2-4-15(21)18(23)20-14-5-6-16-13(12-14)8-11-24-16;/h5-6,12,15,19H,2-4,7-11H2,1H3,(H,20,23);1H. The van der Waals surface area contributed by atoms with Gasteiger partial charge in [0.1, 0.15) is 11.8 Å². The number of likely N-dealkylation sites (tertiary alicyclic amines) is 1. The number of hydrogen-bond donors (Lipinski definition) is 2. The molecule has 25 heavy (non-hydrogen) atoms. The third-order valence-corrected chi connectivity index (χ3v) is 4.67. The van der Waals surface area contributed by atoms with Crippen LogP contribution in [0, 0.1) is 0 Å². The summed E-state index contributed by atoms with van der Waals surface area (Å²) in [7, 11) is 1.82. The van der Waals surface area contributed by atoms with Crippen LogP contribution < -0.4 is 15.4 Å². The molecule has 138 valence electrons. The summed E-state index contributed by atoms with van der Waals surface area (Å²) in [5, 5.41) is 5.96. The van der Waals surface area contributed by atoms with Crippen LogP contribution in [0.4, 0.5) is 5.69 Å². The lowest BCUT2D eigenvalue weighted by atomic mass is 10.0. The number of hydrogen-bond acceptors (Lipinski definition) is 4. The van der Waals surface area contributed by atoms with E-state index in [9.17, 15) is 9.59 Å². The van der Waals surface area contributed by atoms with Crippen molar-refractivity contribution < 1.29 is 14.3 Å². The second-order valence-electron chi connectivity index (χ2n) is 6.36. The van der Waals surface area contributed by atoms with Gasteiger partial charge in [-0.1, -0.05) is 0 Å². The van der Waals surface area contributed by atoms with E-state index in [1.54, 1.807) is 4.90 Å². The molecule has 6 nitrogen and oxygen atoms in total. The highest BCUT2D eigenvalue weighted by Crippen LogP contribution is 2.28. The first-order valence-electron chi connectivity index (χ1n) is 8.69. The molecule has 1 atom stereocenters. The van der Waals surface area contributed by atoms with E-state index in [1.807, 2.05) is 25.2 Å². The Kier molecular flexibility index (Phi) is 7.08. The Morgan fingerprint density at radius 3 is 2.96 bits per heavy atom. The Balaban J connectivity index is 0.00000225. The average molecular weight is 368 g/mol. The molecule has 1 unspecified atom stereocenters. The first-order valence-corrected chi connectivity index (χ1v) is 8.69. The number of halogens is 1. The number of fused-ring (bicyclic) bond motifs is 1. The van der Waals surface area contributed by atoms with Gasteiger partial charge in [-0.25, -0.2) is 0 Å². The normalized spacial score (nSPS) is 18.8. The van der Waals surface area contributed by atoms with E-state index in [0.717, 1.165) is 42.7 Å². The third kappa shape index (κ3) is 4.64. The molecule has 1 fully saturated rings. The van der Waals surface area contributed by atoms with E-state index in [-0.39, 0.29) is 30.3 Å². The molecule has 1 aromatic rings. The maximum Gasteiger partial charge on any atom is 0.247 e. The number of amides is 2. The molecule has 2 amide bonds. The van der Waals surface area contributed by atoms with E-state index < -0.39 is 0 Å². The van der Waals surface area contributed by atoms with Crippen molar-refractivity contribution in [3.63, 3.8) is 0 Å². The van der Waals surface area contributed by atoms with E-state index in [4.69, 9.17) is 4.74 Å². The smallest absolute Gasteiger partial charge is 0.247 e. The topological polar surface area (TPSA) is 70.7 Å². The van der Waals surface area contributed by atoms with Crippen molar-refractivity contribution in [1.82, 2.24) is 10.2 Å². The first kappa shape index (κ1) is 19.5. The number of nitrogens with one attached hydrogen (secondary N) is 2. The van der Waals surface area contributed by atoms with Crippen molar-refractivity contribution in [3.8, 4) is 5.75 Å². The van der Waals surface area contributed by atoms with Crippen LogP contribution in [0.25, 0.3) is 0 Å². The zero-order valence-electron chi connectivity index (χ0n) is 14.5. The summed E-state index contributed by atoms with van der Waals surface area (Å²) in [4.78, 5) is 26.8. The molecule has 0 aliphatic carbocycles. The molecule has 0 radical (unpaired) electrons. The molecule has 1 saturated heterocycles. The second-order valence-corrected chi connectivity index (χ2v) is 6.36. The van der Waals surface area contributed by atoms with Crippen LogP contribution in [0.3, 0.4) is 0 Å². The Morgan fingerprint density at radius 1 is 1.32 bits per heavy atom. The van der Waals surface area contributed by atoms with E-state index >= 15 is 0 Å². The van der Waals surface area contributed by atoms with Crippen molar-refractivity contribution in [2.45, 2.75) is 38.1 Å². The van der Waals surface area contributed by atoms with Gasteiger partial charge in [0.2, 0.25) is 11.8 Å². The molecule has 2 aliphatic heterocycles. The highest BCUT2D eigenvalue weighted by Gasteiger charge is 2.31. The van der Waals surface area contributed by atoms with Crippen LogP contribution in [-0.4, -0.2) is 49.5 Å². The fraction of sp³-hybridized carbons (Fsp3) is 0.556. The molecule has 2 N–H and O–H groups in total. The summed E-state index contributed by atoms with van der Waals surface area (Å²) in [6, 6.07) is 5.36. The molecule has 1 aromatic carbocycles. The zero-order valence-corrected chi connectivity index (χ0v) is 15.4. The second kappa shape index (κ2) is 9.06. The Bertz CT molecular complexity index is 624. The minimum Gasteiger partial charge on any atom is -0.493 e. The lowest BCUT2D eigenvalue weighted by Gasteiger charge is -2.34. The largest absolute Gasteiger partial charge is 0.493 e. The minimum absolute atomic E-state index is 0. The predicted octanol–water partition coefficient (Wildman–Crippen LogP) is 1.97. The van der Waals surface area contributed by atoms with Crippen LogP contribution in [0.15, 0.2) is 18.2 Å². The average Bonchev–Trinajstić information content (AvgIpc) is 3.07. The van der Waals surface area contributed by atoms with Gasteiger partial charge >= 0.3 is 0 Å². The molecular formula is C18H26ClN3O3. The summed E-state index contributed by atoms with van der Waals surface area (Å²) in [6.45, 7) is 2.00. The summed E-state index contributed by atoms with van der Waals surface area (Å²) in [6.07, 6.45) is 3.97. The van der Waals surface area contributed by atoms with Gasteiger partial charge in [-0.15, -0.1) is 12.4 Å². The number of rotatable bonds is 5. The maximum atomic E-state index is 12.7. The fourth-order valence-corrected chi connectivity index (χ4v) is 3.37. The summed E-state index contributed by atoms with van der Waals surface area (Å²) in [5.74, 6) is 0.854. The van der Waals surface area contributed by atoms with Crippen molar-refractivity contribution in [3.05, 3.63) is 23.8 Å². The fourth-order valence-electron chi connectivity index (χ4n) is 3.37. The van der Waals surface area contributed by atoms with Gasteiger partial charge in [0, 0.05) is 31.6 Å². The Morgan fingerprint density at radius 2 is 2.16 bits per heavy atom. The number of carbonyl (C=O) groups excluding carboxylic acids is 2. The van der Waals surface area contributed by atoms with Crippen molar-refractivity contribution >= 4 is 29.9 Å². The summed E-state index contributed by atoms with van der Waals surface area (Å²) < 4.78 is 5.49. The molecule has 3 rings (SSSR count). The van der Waals surface area contributed by atoms with Crippen molar-refractivity contribution in [2.24, 2.45) is 0 Å². The van der Waals surface area contributed by atoms with Gasteiger partial charge in [-0.3, -0.25) is 9.59 Å². The van der Waals surface area contributed by atoms with Gasteiger partial charge in [-0.2, -0.15) is 0 Å². The Labute approximate surface area is 154 Å². The molecule has 7 heteroatoms. The minimum atomic E-state index is -0.368. The number of carbonyl (C=O) groups is 2. The maximum absolute atomic E-state index is 12.7. The Hall–Kier alpha value is -1.79. The highest BCUT2D eigenvalue weighted by molar-refractivity contribution is 5.97. The van der Waals surface area contributed by atoms with Crippen molar-refractivity contribution in [2.75, 3.05) is 32.1 Å². The third-order valence-electron chi connectivity index (χ3n) is 4.67. The number of piperidine rings is 1. The van der Waals surface area contributed by atoms with Crippen LogP contribution in [-0.2, 0) is 16.0 Å².